The summed E-state index contributed by atoms with van der Waals surface area (Å²) in [6.45, 7) is 5.64. The second kappa shape index (κ2) is 4.87. The van der Waals surface area contributed by atoms with Gasteiger partial charge in [-0.2, -0.15) is 5.10 Å². The van der Waals surface area contributed by atoms with Gasteiger partial charge in [-0.25, -0.2) is 9.78 Å². The number of carbonyl (C=O) groups is 1. The zero-order valence-corrected chi connectivity index (χ0v) is 11.5. The van der Waals surface area contributed by atoms with E-state index in [-0.39, 0.29) is 5.92 Å². The molecular formula is C13H18N4O2. The number of carboxylic acids is 1. The molecule has 2 aromatic rings. The van der Waals surface area contributed by atoms with Crippen LogP contribution in [0.3, 0.4) is 0 Å². The lowest BCUT2D eigenvalue weighted by Crippen LogP contribution is -2.34. The molecule has 0 radical (unpaired) electrons. The molecule has 0 bridgehead atoms. The Hall–Kier alpha value is -2.11. The number of nitrogens with one attached hydrogen (secondary N) is 1. The van der Waals surface area contributed by atoms with Gasteiger partial charge in [-0.1, -0.05) is 13.8 Å². The fourth-order valence-electron chi connectivity index (χ4n) is 2.18. The molecule has 0 aliphatic rings. The first-order chi connectivity index (χ1) is 8.91. The summed E-state index contributed by atoms with van der Waals surface area (Å²) in [4.78, 5) is 15.5. The number of nitrogens with zero attached hydrogens (tertiary/aromatic N) is 3. The fourth-order valence-corrected chi connectivity index (χ4v) is 2.18. The highest BCUT2D eigenvalue weighted by Gasteiger charge is 2.22. The molecular weight excluding hydrogens is 244 g/mol. The first-order valence-electron chi connectivity index (χ1n) is 6.19. The second-order valence-electron chi connectivity index (χ2n) is 4.97. The van der Waals surface area contributed by atoms with Gasteiger partial charge < -0.3 is 10.4 Å². The van der Waals surface area contributed by atoms with Crippen molar-refractivity contribution in [3.63, 3.8) is 0 Å². The molecule has 6 nitrogen and oxygen atoms in total. The number of hydrogen-bond acceptors (Lipinski definition) is 4. The zero-order valence-electron chi connectivity index (χ0n) is 11.5. The van der Waals surface area contributed by atoms with Crippen molar-refractivity contribution < 1.29 is 9.90 Å². The third-order valence-corrected chi connectivity index (χ3v) is 3.14. The summed E-state index contributed by atoms with van der Waals surface area (Å²) in [5.74, 6) is -0.876. The van der Waals surface area contributed by atoms with Crippen LogP contribution in [-0.4, -0.2) is 31.9 Å². The zero-order chi connectivity index (χ0) is 14.2. The van der Waals surface area contributed by atoms with Gasteiger partial charge in [-0.15, -0.1) is 0 Å². The molecule has 2 rings (SSSR count). The first-order valence-corrected chi connectivity index (χ1v) is 6.19. The normalized spacial score (nSPS) is 12.9. The smallest absolute Gasteiger partial charge is 0.326 e. The predicted octanol–water partition coefficient (Wildman–Crippen LogP) is 1.80. The van der Waals surface area contributed by atoms with Crippen LogP contribution in [0.5, 0.6) is 0 Å². The lowest BCUT2D eigenvalue weighted by Gasteiger charge is -2.19. The molecule has 0 unspecified atom stereocenters. The monoisotopic (exact) mass is 262 g/mol. The van der Waals surface area contributed by atoms with E-state index in [1.165, 1.54) is 0 Å². The second-order valence-corrected chi connectivity index (χ2v) is 4.97. The molecule has 0 aromatic carbocycles. The number of carboxylic acid groups (broad SMARTS) is 1. The van der Waals surface area contributed by atoms with Crippen molar-refractivity contribution in [3.8, 4) is 0 Å². The molecule has 0 saturated carbocycles. The van der Waals surface area contributed by atoms with Gasteiger partial charge in [0, 0.05) is 18.9 Å². The molecule has 2 N–H and O–H groups in total. The van der Waals surface area contributed by atoms with Gasteiger partial charge in [0.1, 0.15) is 6.04 Å². The molecule has 102 valence electrons. The molecule has 0 saturated heterocycles. The number of anilines is 1. The van der Waals surface area contributed by atoms with Gasteiger partial charge in [0.2, 0.25) is 0 Å². The van der Waals surface area contributed by atoms with Crippen LogP contribution in [0, 0.1) is 12.8 Å². The highest BCUT2D eigenvalue weighted by Crippen LogP contribution is 2.25. The van der Waals surface area contributed by atoms with E-state index in [9.17, 15) is 9.90 Å². The lowest BCUT2D eigenvalue weighted by atomic mass is 10.0. The highest BCUT2D eigenvalue weighted by atomic mass is 16.4. The maximum Gasteiger partial charge on any atom is 0.326 e. The summed E-state index contributed by atoms with van der Waals surface area (Å²) in [6, 6.07) is 1.15. The largest absolute Gasteiger partial charge is 0.480 e. The van der Waals surface area contributed by atoms with Gasteiger partial charge >= 0.3 is 5.97 Å². The summed E-state index contributed by atoms with van der Waals surface area (Å²) in [5.41, 5.74) is 2.34. The molecule has 6 heteroatoms. The highest BCUT2D eigenvalue weighted by molar-refractivity contribution is 5.93. The van der Waals surface area contributed by atoms with Crippen LogP contribution in [-0.2, 0) is 11.8 Å². The third kappa shape index (κ3) is 2.38. The van der Waals surface area contributed by atoms with E-state index in [4.69, 9.17) is 0 Å². The van der Waals surface area contributed by atoms with E-state index in [1.54, 1.807) is 16.9 Å². The summed E-state index contributed by atoms with van der Waals surface area (Å²) in [5, 5.41) is 17.5. The van der Waals surface area contributed by atoms with Crippen LogP contribution < -0.4 is 5.32 Å². The number of hydrogen-bond donors (Lipinski definition) is 2. The van der Waals surface area contributed by atoms with E-state index in [1.807, 2.05) is 27.8 Å². The van der Waals surface area contributed by atoms with Gasteiger partial charge in [0.15, 0.2) is 5.65 Å². The average Bonchev–Trinajstić information content (AvgIpc) is 2.62. The van der Waals surface area contributed by atoms with Crippen molar-refractivity contribution in [3.05, 3.63) is 18.0 Å². The number of rotatable bonds is 4. The summed E-state index contributed by atoms with van der Waals surface area (Å²) < 4.78 is 1.70. The summed E-state index contributed by atoms with van der Waals surface area (Å²) >= 11 is 0. The van der Waals surface area contributed by atoms with Crippen molar-refractivity contribution in [2.45, 2.75) is 26.8 Å². The van der Waals surface area contributed by atoms with Crippen LogP contribution in [0.15, 0.2) is 12.3 Å². The molecule has 2 heterocycles. The van der Waals surface area contributed by atoms with Crippen LogP contribution in [0.2, 0.25) is 0 Å². The average molecular weight is 262 g/mol. The van der Waals surface area contributed by atoms with Gasteiger partial charge in [-0.3, -0.25) is 4.68 Å². The minimum Gasteiger partial charge on any atom is -0.480 e. The van der Waals surface area contributed by atoms with Crippen molar-refractivity contribution in [1.29, 1.82) is 0 Å². The third-order valence-electron chi connectivity index (χ3n) is 3.14. The molecule has 0 aliphatic heterocycles. The molecule has 0 aliphatic carbocycles. The van der Waals surface area contributed by atoms with Crippen LogP contribution in [0.25, 0.3) is 11.0 Å². The lowest BCUT2D eigenvalue weighted by molar-refractivity contribution is -0.138. The predicted molar refractivity (Wildman–Crippen MR) is 73.1 cm³/mol. The Labute approximate surface area is 111 Å². The van der Waals surface area contributed by atoms with E-state index in [2.05, 4.69) is 15.4 Å². The van der Waals surface area contributed by atoms with Gasteiger partial charge in [0.25, 0.3) is 0 Å². The van der Waals surface area contributed by atoms with Crippen LogP contribution >= 0.6 is 0 Å². The molecule has 0 fully saturated rings. The Morgan fingerprint density at radius 1 is 1.47 bits per heavy atom. The number of aromatic nitrogens is 3. The van der Waals surface area contributed by atoms with Crippen molar-refractivity contribution in [2.24, 2.45) is 13.0 Å². The van der Waals surface area contributed by atoms with Crippen molar-refractivity contribution in [1.82, 2.24) is 14.8 Å². The fraction of sp³-hybridized carbons (Fsp3) is 0.462. The van der Waals surface area contributed by atoms with E-state index >= 15 is 0 Å². The number of aryl methyl sites for hydroxylation is 2. The Bertz CT molecular complexity index is 618. The minimum absolute atomic E-state index is 0.0160. The Kier molecular flexibility index (Phi) is 3.42. The maximum atomic E-state index is 11.3. The first kappa shape index (κ1) is 13.3. The minimum atomic E-state index is -0.860. The van der Waals surface area contributed by atoms with E-state index < -0.39 is 12.0 Å². The number of aliphatic carboxylic acids is 1. The van der Waals surface area contributed by atoms with Crippen molar-refractivity contribution >= 4 is 22.7 Å². The Balaban J connectivity index is 2.48. The van der Waals surface area contributed by atoms with Crippen LogP contribution in [0.1, 0.15) is 19.5 Å². The van der Waals surface area contributed by atoms with E-state index in [0.717, 1.165) is 22.4 Å². The Morgan fingerprint density at radius 3 is 2.74 bits per heavy atom. The SMILES string of the molecule is Cc1nn(C)c2nccc(N[C@H](C(=O)O)C(C)C)c12. The quantitative estimate of drug-likeness (QED) is 0.878. The van der Waals surface area contributed by atoms with Crippen molar-refractivity contribution in [2.75, 3.05) is 5.32 Å². The summed E-state index contributed by atoms with van der Waals surface area (Å²) in [7, 11) is 1.82. The molecule has 0 spiro atoms. The van der Waals surface area contributed by atoms with Crippen LogP contribution in [0.4, 0.5) is 5.69 Å². The number of fused-ring (bicyclic) bond motifs is 1. The standard InChI is InChI=1S/C13H18N4O2/c1-7(2)11(13(18)19)15-9-5-6-14-12-10(9)8(3)16-17(12)4/h5-7,11H,1-4H3,(H,14,15)(H,18,19)/t11-/m0/s1. The molecule has 2 aromatic heterocycles. The van der Waals surface area contributed by atoms with Gasteiger partial charge in [0.05, 0.1) is 11.1 Å². The van der Waals surface area contributed by atoms with E-state index in [0.29, 0.717) is 0 Å². The number of pyridine rings is 1. The van der Waals surface area contributed by atoms with Gasteiger partial charge in [-0.05, 0) is 18.9 Å². The Morgan fingerprint density at radius 2 is 2.16 bits per heavy atom. The molecule has 19 heavy (non-hydrogen) atoms. The maximum absolute atomic E-state index is 11.3. The topological polar surface area (TPSA) is 80.0 Å². The molecule has 1 atom stereocenters. The summed E-state index contributed by atoms with van der Waals surface area (Å²) in [6.07, 6.45) is 1.66. The molecule has 0 amide bonds.